The Hall–Kier alpha value is -9.34. The van der Waals surface area contributed by atoms with Gasteiger partial charge in [0.25, 0.3) is 0 Å². The molecular formula is C71H42F6IrN3. The fourth-order valence-electron chi connectivity index (χ4n) is 10.4. The second kappa shape index (κ2) is 22.8. The average molecular weight is 1240 g/mol. The largest absolute Gasteiger partial charge is 3.00 e. The van der Waals surface area contributed by atoms with E-state index in [9.17, 15) is 8.78 Å². The number of aryl methyl sites for hydroxylation is 2. The van der Waals surface area contributed by atoms with Crippen LogP contribution in [0, 0.1) is 66.9 Å². The summed E-state index contributed by atoms with van der Waals surface area (Å²) in [5.41, 5.74) is 15.0. The molecule has 3 nitrogen and oxygen atoms in total. The summed E-state index contributed by atoms with van der Waals surface area (Å²) in [6.07, 6.45) is 5.03. The first-order valence-corrected chi connectivity index (χ1v) is 25.6. The molecule has 0 radical (unpaired) electrons. The number of rotatable bonds is 11. The number of hydrogen-bond donors (Lipinski definition) is 0. The van der Waals surface area contributed by atoms with Crippen LogP contribution in [0.5, 0.6) is 0 Å². The maximum Gasteiger partial charge on any atom is 3.00 e. The Labute approximate surface area is 478 Å². The molecule has 81 heavy (non-hydrogen) atoms. The number of aromatic nitrogens is 3. The Morgan fingerprint density at radius 2 is 0.753 bits per heavy atom. The quantitative estimate of drug-likeness (QED) is 0.0957. The normalized spacial score (nSPS) is 11.1. The van der Waals surface area contributed by atoms with Gasteiger partial charge in [0.2, 0.25) is 0 Å². The zero-order chi connectivity index (χ0) is 55.0. The molecule has 0 fully saturated rings. The van der Waals surface area contributed by atoms with Gasteiger partial charge in [-0.3, -0.25) is 17.6 Å². The van der Waals surface area contributed by atoms with E-state index in [0.717, 1.165) is 74.5 Å². The van der Waals surface area contributed by atoms with Gasteiger partial charge in [0.1, 0.15) is 11.6 Å². The van der Waals surface area contributed by atoms with Gasteiger partial charge < -0.3 is 15.0 Å². The van der Waals surface area contributed by atoms with Crippen molar-refractivity contribution >= 4 is 0 Å². The predicted octanol–water partition coefficient (Wildman–Crippen LogP) is 19.1. The monoisotopic (exact) mass is 1240 g/mol. The third-order valence-electron chi connectivity index (χ3n) is 14.3. The fourth-order valence-corrected chi connectivity index (χ4v) is 10.4. The van der Waals surface area contributed by atoms with Crippen LogP contribution in [0.15, 0.2) is 219 Å². The summed E-state index contributed by atoms with van der Waals surface area (Å²) in [5.74, 6) is -4.20. The van der Waals surface area contributed by atoms with E-state index < -0.39 is 34.9 Å². The number of hydrogen-bond acceptors (Lipinski definition) is 3. The van der Waals surface area contributed by atoms with Gasteiger partial charge in [0, 0.05) is 58.5 Å². The Bertz CT molecular complexity index is 4170. The van der Waals surface area contributed by atoms with Crippen molar-refractivity contribution in [3.05, 3.63) is 283 Å². The molecule has 0 aliphatic carbocycles. The summed E-state index contributed by atoms with van der Waals surface area (Å²) in [7, 11) is 0. The molecule has 0 aliphatic rings. The molecule has 0 bridgehead atoms. The van der Waals surface area contributed by atoms with Crippen molar-refractivity contribution < 1.29 is 46.4 Å². The minimum atomic E-state index is -0.815. The molecule has 9 aromatic carbocycles. The molecule has 3 aromatic heterocycles. The van der Waals surface area contributed by atoms with Crippen LogP contribution < -0.4 is 0 Å². The molecule has 0 unspecified atom stereocenters. The Morgan fingerprint density at radius 1 is 0.309 bits per heavy atom. The van der Waals surface area contributed by atoms with Gasteiger partial charge in [-0.2, -0.15) is 0 Å². The standard InChI is InChI=1S/C71H42F6N3.Ir/c1-42-29-70(59-27-23-53(74)36-67(59)76)79-39-64(42)57-25-21-51(72)34-61(57)49-31-48(32-50(33-49)62-35-52(73)22-26-58(62)65-40-80-71(30-43(65)2)60-28-24-54(75)37-68(60)77)55-15-9-10-16-56(55)66-41-78-69(47-13-7-4-8-14-47)38-63(66)46-19-17-45(18-20-46)44-11-5-3-6-12-44;/h3-13,15-26,29-41H,1-2H3;/q-3;+3. The van der Waals surface area contributed by atoms with Crippen LogP contribution in [0.1, 0.15) is 11.1 Å². The number of nitrogens with zero attached hydrogens (tertiary/aromatic N) is 3. The molecule has 0 spiro atoms. The maximum atomic E-state index is 16.0. The van der Waals surface area contributed by atoms with Crippen molar-refractivity contribution in [2.24, 2.45) is 0 Å². The minimum Gasteiger partial charge on any atom is -0.304 e. The van der Waals surface area contributed by atoms with Gasteiger partial charge in [0.15, 0.2) is 0 Å². The first-order chi connectivity index (χ1) is 38.9. The van der Waals surface area contributed by atoms with Gasteiger partial charge in [-0.15, -0.1) is 60.2 Å². The smallest absolute Gasteiger partial charge is 0.304 e. The van der Waals surface area contributed by atoms with Crippen molar-refractivity contribution in [3.63, 3.8) is 0 Å². The van der Waals surface area contributed by atoms with Crippen molar-refractivity contribution in [2.75, 3.05) is 0 Å². The second-order valence-electron chi connectivity index (χ2n) is 19.4. The van der Waals surface area contributed by atoms with E-state index in [2.05, 4.69) is 70.6 Å². The van der Waals surface area contributed by atoms with E-state index >= 15 is 17.6 Å². The van der Waals surface area contributed by atoms with E-state index in [0.29, 0.717) is 61.2 Å². The molecule has 0 N–H and O–H groups in total. The maximum absolute atomic E-state index is 16.0. The number of halogens is 6. The molecule has 0 amide bonds. The predicted molar refractivity (Wildman–Crippen MR) is 305 cm³/mol. The molecule has 3 heterocycles. The molecule has 0 aliphatic heterocycles. The SMILES string of the molecule is Cc1cc(-c2[c-]cc(F)cc2F)ncc1-c1ccc(F)cc1-c1cc(-c2cc(F)ccc2-c2cnc(-c3[c-]cc(F)cc3F)cc2C)cc(-c2ccccc2-c2cnc(-c3[c-]cccc3)cc2-c2ccc(-c3ccccc3)cc2)c1.[Ir+3]. The minimum absolute atomic E-state index is 0. The number of pyridine rings is 3. The third kappa shape index (κ3) is 10.9. The topological polar surface area (TPSA) is 38.7 Å². The van der Waals surface area contributed by atoms with Gasteiger partial charge in [-0.1, -0.05) is 132 Å². The zero-order valence-electron chi connectivity index (χ0n) is 43.2. The van der Waals surface area contributed by atoms with Gasteiger partial charge in [-0.05, 0) is 157 Å². The molecule has 12 aromatic rings. The van der Waals surface area contributed by atoms with Crippen molar-refractivity contribution in [3.8, 4) is 123 Å². The summed E-state index contributed by atoms with van der Waals surface area (Å²) in [6, 6.07) is 66.7. The zero-order valence-corrected chi connectivity index (χ0v) is 45.6. The molecule has 12 rings (SSSR count). The van der Waals surface area contributed by atoms with Crippen LogP contribution in [-0.4, -0.2) is 15.0 Å². The van der Waals surface area contributed by atoms with E-state index in [1.54, 1.807) is 36.7 Å². The van der Waals surface area contributed by atoms with Crippen LogP contribution in [0.4, 0.5) is 26.3 Å². The first-order valence-electron chi connectivity index (χ1n) is 25.6. The van der Waals surface area contributed by atoms with Crippen LogP contribution in [0.25, 0.3) is 123 Å². The van der Waals surface area contributed by atoms with Gasteiger partial charge >= 0.3 is 20.1 Å². The second-order valence-corrected chi connectivity index (χ2v) is 19.4. The molecule has 10 heteroatoms. The van der Waals surface area contributed by atoms with Crippen molar-refractivity contribution in [1.82, 2.24) is 15.0 Å². The Morgan fingerprint density at radius 3 is 1.27 bits per heavy atom. The van der Waals surface area contributed by atoms with E-state index in [-0.39, 0.29) is 42.6 Å². The number of benzene rings is 9. The Balaban J connectivity index is 0.00000690. The third-order valence-corrected chi connectivity index (χ3v) is 14.3. The van der Waals surface area contributed by atoms with E-state index in [1.807, 2.05) is 105 Å². The summed E-state index contributed by atoms with van der Waals surface area (Å²) in [6.45, 7) is 3.66. The van der Waals surface area contributed by atoms with Gasteiger partial charge in [-0.25, -0.2) is 8.78 Å². The average Bonchev–Trinajstić information content (AvgIpc) is 3.54. The first kappa shape index (κ1) is 53.7. The molecule has 0 atom stereocenters. The van der Waals surface area contributed by atoms with Crippen LogP contribution in [0.2, 0.25) is 0 Å². The van der Waals surface area contributed by atoms with Crippen LogP contribution in [0.3, 0.4) is 0 Å². The van der Waals surface area contributed by atoms with Gasteiger partial charge in [0.05, 0.1) is 0 Å². The summed E-state index contributed by atoms with van der Waals surface area (Å²) >= 11 is 0. The van der Waals surface area contributed by atoms with Crippen LogP contribution >= 0.6 is 0 Å². The summed E-state index contributed by atoms with van der Waals surface area (Å²) < 4.78 is 90.0. The molecular weight excluding hydrogens is 1200 g/mol. The fraction of sp³-hybridized carbons (Fsp3) is 0.0282. The van der Waals surface area contributed by atoms with E-state index in [1.165, 1.54) is 24.3 Å². The van der Waals surface area contributed by atoms with Crippen molar-refractivity contribution in [2.45, 2.75) is 13.8 Å². The van der Waals surface area contributed by atoms with Crippen molar-refractivity contribution in [1.29, 1.82) is 0 Å². The molecule has 392 valence electrons. The summed E-state index contributed by atoms with van der Waals surface area (Å²) in [5, 5.41) is 0. The molecule has 0 saturated carbocycles. The molecule has 0 saturated heterocycles. The summed E-state index contributed by atoms with van der Waals surface area (Å²) in [4.78, 5) is 14.2. The van der Waals surface area contributed by atoms with Crippen LogP contribution in [-0.2, 0) is 20.1 Å². The Kier molecular flexibility index (Phi) is 15.1. The van der Waals surface area contributed by atoms with E-state index in [4.69, 9.17) is 4.98 Å².